The molecule has 11 heteroatoms. The molecule has 3 aromatic heterocycles. The summed E-state index contributed by atoms with van der Waals surface area (Å²) < 4.78 is 44.2. The SMILES string of the molecule is Cc1cc(NC(=O)c2c(F)cccc2F)n(-c2ncnc3c2cnn3-c2ccc(F)cc2)n1. The fraction of sp³-hybridized carbons (Fsp3) is 0.0455. The van der Waals surface area contributed by atoms with Gasteiger partial charge in [0.05, 0.1) is 23.0 Å². The average Bonchev–Trinajstić information content (AvgIpc) is 3.37. The zero-order valence-electron chi connectivity index (χ0n) is 17.0. The quantitative estimate of drug-likeness (QED) is 0.448. The van der Waals surface area contributed by atoms with Crippen molar-refractivity contribution in [2.45, 2.75) is 6.92 Å². The van der Waals surface area contributed by atoms with Gasteiger partial charge in [-0.05, 0) is 43.3 Å². The number of fused-ring (bicyclic) bond motifs is 1. The fourth-order valence-electron chi connectivity index (χ4n) is 3.42. The van der Waals surface area contributed by atoms with Crippen molar-refractivity contribution in [3.05, 3.63) is 89.8 Å². The van der Waals surface area contributed by atoms with Gasteiger partial charge in [0.25, 0.3) is 5.91 Å². The Morgan fingerprint density at radius 1 is 0.970 bits per heavy atom. The average molecular weight is 449 g/mol. The number of aryl methyl sites for hydroxylation is 1. The molecule has 3 heterocycles. The molecule has 5 aromatic rings. The van der Waals surface area contributed by atoms with Crippen molar-refractivity contribution in [1.29, 1.82) is 0 Å². The maximum absolute atomic E-state index is 14.1. The molecule has 0 aliphatic carbocycles. The van der Waals surface area contributed by atoms with Crippen molar-refractivity contribution in [3.8, 4) is 11.5 Å². The van der Waals surface area contributed by atoms with Crippen LogP contribution in [0.15, 0.2) is 61.1 Å². The Balaban J connectivity index is 1.58. The van der Waals surface area contributed by atoms with Crippen LogP contribution in [0.2, 0.25) is 0 Å². The van der Waals surface area contributed by atoms with E-state index in [2.05, 4.69) is 25.5 Å². The van der Waals surface area contributed by atoms with Gasteiger partial charge in [0.2, 0.25) is 0 Å². The summed E-state index contributed by atoms with van der Waals surface area (Å²) in [4.78, 5) is 21.1. The summed E-state index contributed by atoms with van der Waals surface area (Å²) in [6.07, 6.45) is 2.80. The second-order valence-electron chi connectivity index (χ2n) is 7.10. The summed E-state index contributed by atoms with van der Waals surface area (Å²) in [5.74, 6) is -2.90. The lowest BCUT2D eigenvalue weighted by molar-refractivity contribution is 0.101. The predicted octanol–water partition coefficient (Wildman–Crippen LogP) is 3.98. The lowest BCUT2D eigenvalue weighted by Gasteiger charge is -2.10. The molecule has 1 amide bonds. The third-order valence-electron chi connectivity index (χ3n) is 4.88. The molecule has 5 rings (SSSR count). The summed E-state index contributed by atoms with van der Waals surface area (Å²) in [5, 5.41) is 11.6. The number of benzene rings is 2. The van der Waals surface area contributed by atoms with Crippen molar-refractivity contribution in [1.82, 2.24) is 29.5 Å². The molecule has 0 aliphatic rings. The third kappa shape index (κ3) is 3.59. The van der Waals surface area contributed by atoms with Crippen LogP contribution in [-0.2, 0) is 0 Å². The van der Waals surface area contributed by atoms with E-state index < -0.39 is 23.1 Å². The first kappa shape index (κ1) is 20.4. The van der Waals surface area contributed by atoms with E-state index in [4.69, 9.17) is 0 Å². The van der Waals surface area contributed by atoms with Crippen molar-refractivity contribution >= 4 is 22.8 Å². The Hall–Kier alpha value is -4.54. The van der Waals surface area contributed by atoms with Crippen LogP contribution in [0.1, 0.15) is 16.1 Å². The summed E-state index contributed by atoms with van der Waals surface area (Å²) >= 11 is 0. The first-order valence-corrected chi connectivity index (χ1v) is 9.69. The van der Waals surface area contributed by atoms with E-state index in [9.17, 15) is 18.0 Å². The minimum Gasteiger partial charge on any atom is -0.306 e. The van der Waals surface area contributed by atoms with E-state index in [-0.39, 0.29) is 17.5 Å². The summed E-state index contributed by atoms with van der Waals surface area (Å²) in [6, 6.07) is 10.4. The van der Waals surface area contributed by atoms with E-state index in [1.54, 1.807) is 19.1 Å². The van der Waals surface area contributed by atoms with E-state index in [1.807, 2.05) is 0 Å². The van der Waals surface area contributed by atoms with Crippen LogP contribution in [0.5, 0.6) is 0 Å². The van der Waals surface area contributed by atoms with Crippen LogP contribution in [0.4, 0.5) is 19.0 Å². The van der Waals surface area contributed by atoms with Gasteiger partial charge in [-0.3, -0.25) is 4.79 Å². The molecule has 164 valence electrons. The molecular formula is C22H14F3N7O. The summed E-state index contributed by atoms with van der Waals surface area (Å²) in [5.41, 5.74) is 0.810. The molecule has 2 aromatic carbocycles. The molecule has 0 radical (unpaired) electrons. The Bertz CT molecular complexity index is 1490. The number of nitrogens with zero attached hydrogens (tertiary/aromatic N) is 6. The van der Waals surface area contributed by atoms with Gasteiger partial charge < -0.3 is 5.32 Å². The summed E-state index contributed by atoms with van der Waals surface area (Å²) in [7, 11) is 0. The number of hydrogen-bond donors (Lipinski definition) is 1. The molecule has 0 spiro atoms. The van der Waals surface area contributed by atoms with E-state index in [1.165, 1.54) is 46.2 Å². The first-order chi connectivity index (χ1) is 15.9. The smallest absolute Gasteiger partial charge is 0.262 e. The Kier molecular flexibility index (Phi) is 4.85. The number of anilines is 1. The number of amides is 1. The second-order valence-corrected chi connectivity index (χ2v) is 7.10. The van der Waals surface area contributed by atoms with Gasteiger partial charge in [-0.15, -0.1) is 0 Å². The molecular weight excluding hydrogens is 435 g/mol. The number of carbonyl (C=O) groups is 1. The number of aromatic nitrogens is 6. The highest BCUT2D eigenvalue weighted by atomic mass is 19.1. The van der Waals surface area contributed by atoms with Gasteiger partial charge in [-0.25, -0.2) is 27.8 Å². The van der Waals surface area contributed by atoms with Gasteiger partial charge in [0.1, 0.15) is 35.2 Å². The largest absolute Gasteiger partial charge is 0.306 e. The topological polar surface area (TPSA) is 90.5 Å². The van der Waals surface area contributed by atoms with Crippen molar-refractivity contribution in [3.63, 3.8) is 0 Å². The van der Waals surface area contributed by atoms with E-state index >= 15 is 0 Å². The minimum absolute atomic E-state index is 0.148. The normalized spacial score (nSPS) is 11.2. The summed E-state index contributed by atoms with van der Waals surface area (Å²) in [6.45, 7) is 1.69. The molecule has 0 unspecified atom stereocenters. The van der Waals surface area contributed by atoms with Crippen molar-refractivity contribution < 1.29 is 18.0 Å². The zero-order chi connectivity index (χ0) is 23.1. The van der Waals surface area contributed by atoms with Crippen LogP contribution in [0.3, 0.4) is 0 Å². The van der Waals surface area contributed by atoms with Crippen LogP contribution in [-0.4, -0.2) is 35.4 Å². The highest BCUT2D eigenvalue weighted by Crippen LogP contribution is 2.25. The Morgan fingerprint density at radius 3 is 2.42 bits per heavy atom. The number of nitrogens with one attached hydrogen (secondary N) is 1. The van der Waals surface area contributed by atoms with Crippen LogP contribution < -0.4 is 5.32 Å². The number of carbonyl (C=O) groups excluding carboxylic acids is 1. The maximum atomic E-state index is 14.1. The fourth-order valence-corrected chi connectivity index (χ4v) is 3.42. The first-order valence-electron chi connectivity index (χ1n) is 9.69. The van der Waals surface area contributed by atoms with Gasteiger partial charge in [-0.1, -0.05) is 6.07 Å². The van der Waals surface area contributed by atoms with Gasteiger partial charge >= 0.3 is 0 Å². The number of hydrogen-bond acceptors (Lipinski definition) is 5. The monoisotopic (exact) mass is 449 g/mol. The van der Waals surface area contributed by atoms with Crippen molar-refractivity contribution in [2.24, 2.45) is 0 Å². The van der Waals surface area contributed by atoms with Crippen LogP contribution >= 0.6 is 0 Å². The van der Waals surface area contributed by atoms with E-state index in [0.717, 1.165) is 12.1 Å². The van der Waals surface area contributed by atoms with E-state index in [0.29, 0.717) is 22.4 Å². The molecule has 0 saturated carbocycles. The van der Waals surface area contributed by atoms with Gasteiger partial charge in [0, 0.05) is 6.07 Å². The second kappa shape index (κ2) is 7.86. The van der Waals surface area contributed by atoms with Gasteiger partial charge in [-0.2, -0.15) is 14.9 Å². The maximum Gasteiger partial charge on any atom is 0.262 e. The lowest BCUT2D eigenvalue weighted by atomic mass is 10.2. The molecule has 8 nitrogen and oxygen atoms in total. The predicted molar refractivity (Wildman–Crippen MR) is 113 cm³/mol. The van der Waals surface area contributed by atoms with Crippen LogP contribution in [0, 0.1) is 24.4 Å². The third-order valence-corrected chi connectivity index (χ3v) is 4.88. The zero-order valence-corrected chi connectivity index (χ0v) is 17.0. The minimum atomic E-state index is -0.986. The highest BCUT2D eigenvalue weighted by molar-refractivity contribution is 6.04. The van der Waals surface area contributed by atoms with Gasteiger partial charge in [0.15, 0.2) is 11.5 Å². The standard InChI is InChI=1S/C22H14F3N7O/c1-12-9-18(29-22(33)19-16(24)3-2-4-17(19)25)32(30-12)21-15-10-28-31(20(15)26-11-27-21)14-7-5-13(23)6-8-14/h2-11H,1H3,(H,29,33). The molecule has 0 bridgehead atoms. The lowest BCUT2D eigenvalue weighted by Crippen LogP contribution is -2.18. The van der Waals surface area contributed by atoms with Crippen molar-refractivity contribution in [2.75, 3.05) is 5.32 Å². The molecule has 0 fully saturated rings. The Morgan fingerprint density at radius 2 is 1.70 bits per heavy atom. The highest BCUT2D eigenvalue weighted by Gasteiger charge is 2.21. The molecule has 0 aliphatic heterocycles. The van der Waals surface area contributed by atoms with Crippen LogP contribution in [0.25, 0.3) is 22.5 Å². The molecule has 33 heavy (non-hydrogen) atoms. The molecule has 1 N–H and O–H groups in total. The number of halogens is 3. The molecule has 0 saturated heterocycles. The Labute approximate surface area is 184 Å². The number of rotatable bonds is 4. The molecule has 0 atom stereocenters.